The Morgan fingerprint density at radius 2 is 1.73 bits per heavy atom. The van der Waals surface area contributed by atoms with Gasteiger partial charge in [0, 0.05) is 18.1 Å². The van der Waals surface area contributed by atoms with Gasteiger partial charge in [-0.2, -0.15) is 0 Å². The maximum absolute atomic E-state index is 6.03. The van der Waals surface area contributed by atoms with E-state index in [9.17, 15) is 0 Å². The maximum atomic E-state index is 6.03. The lowest BCUT2D eigenvalue weighted by atomic mass is 9.70. The van der Waals surface area contributed by atoms with Crippen molar-refractivity contribution >= 4 is 11.6 Å². The zero-order chi connectivity index (χ0) is 15.6. The summed E-state index contributed by atoms with van der Waals surface area (Å²) in [5, 5.41) is 0.822. The summed E-state index contributed by atoms with van der Waals surface area (Å²) < 4.78 is 0. The lowest BCUT2D eigenvalue weighted by molar-refractivity contribution is 0.0873. The molecule has 0 amide bonds. The summed E-state index contributed by atoms with van der Waals surface area (Å²) in [6.45, 7) is 8.13. The predicted octanol–water partition coefficient (Wildman–Crippen LogP) is 5.36. The number of hydrogen-bond acceptors (Lipinski definition) is 1. The third-order valence-electron chi connectivity index (χ3n) is 4.83. The van der Waals surface area contributed by atoms with Crippen molar-refractivity contribution in [3.05, 3.63) is 70.7 Å². The molecule has 2 aromatic rings. The van der Waals surface area contributed by atoms with Crippen molar-refractivity contribution in [2.45, 2.75) is 32.7 Å². The summed E-state index contributed by atoms with van der Waals surface area (Å²) in [5.41, 5.74) is 3.11. The quantitative estimate of drug-likeness (QED) is 0.737. The van der Waals surface area contributed by atoms with E-state index in [1.165, 1.54) is 17.5 Å². The molecule has 1 nitrogen and oxygen atoms in total. The highest BCUT2D eigenvalue weighted by atomic mass is 35.5. The van der Waals surface area contributed by atoms with Crippen LogP contribution >= 0.6 is 11.6 Å². The molecule has 0 unspecified atom stereocenters. The standard InChI is InChI=1S/C20H24ClN/c1-20(2)15-22(14-16-6-4-3-5-7-16)13-12-19(20)17-8-10-18(21)11-9-17/h3-11,19H,12-15H2,1-2H3/t19-/m0/s1. The van der Waals surface area contributed by atoms with Gasteiger partial charge >= 0.3 is 0 Å². The Kier molecular flexibility index (Phi) is 4.56. The molecule has 0 aromatic heterocycles. The Balaban J connectivity index is 1.70. The van der Waals surface area contributed by atoms with Crippen LogP contribution in [0.25, 0.3) is 0 Å². The van der Waals surface area contributed by atoms with E-state index in [4.69, 9.17) is 11.6 Å². The second kappa shape index (κ2) is 6.44. The van der Waals surface area contributed by atoms with Gasteiger partial charge in [-0.05, 0) is 47.6 Å². The average molecular weight is 314 g/mol. The SMILES string of the molecule is CC1(C)CN(Cc2ccccc2)CC[C@H]1c1ccc(Cl)cc1. The molecule has 1 aliphatic heterocycles. The molecular formula is C20H24ClN. The third-order valence-corrected chi connectivity index (χ3v) is 5.08. The van der Waals surface area contributed by atoms with Crippen LogP contribution in [0.4, 0.5) is 0 Å². The highest BCUT2D eigenvalue weighted by Crippen LogP contribution is 2.42. The predicted molar refractivity (Wildman–Crippen MR) is 94.3 cm³/mol. The molecule has 1 heterocycles. The fraction of sp³-hybridized carbons (Fsp3) is 0.400. The number of benzene rings is 2. The number of rotatable bonds is 3. The van der Waals surface area contributed by atoms with Gasteiger partial charge in [0.05, 0.1) is 0 Å². The Morgan fingerprint density at radius 3 is 2.36 bits per heavy atom. The number of piperidine rings is 1. The Morgan fingerprint density at radius 1 is 1.05 bits per heavy atom. The molecule has 2 heteroatoms. The minimum absolute atomic E-state index is 0.279. The molecule has 0 N–H and O–H groups in total. The molecule has 0 aliphatic carbocycles. The van der Waals surface area contributed by atoms with Crippen LogP contribution in [0.3, 0.4) is 0 Å². The topological polar surface area (TPSA) is 3.24 Å². The molecule has 22 heavy (non-hydrogen) atoms. The summed E-state index contributed by atoms with van der Waals surface area (Å²) in [6, 6.07) is 19.2. The molecule has 1 fully saturated rings. The Bertz CT molecular complexity index is 603. The van der Waals surface area contributed by atoms with Crippen molar-refractivity contribution in [2.24, 2.45) is 5.41 Å². The van der Waals surface area contributed by atoms with Crippen molar-refractivity contribution < 1.29 is 0 Å². The first-order valence-electron chi connectivity index (χ1n) is 8.06. The van der Waals surface area contributed by atoms with Crippen LogP contribution < -0.4 is 0 Å². The van der Waals surface area contributed by atoms with Crippen LogP contribution in [0, 0.1) is 5.41 Å². The van der Waals surface area contributed by atoms with Gasteiger partial charge in [0.25, 0.3) is 0 Å². The van der Waals surface area contributed by atoms with E-state index in [2.05, 4.69) is 61.2 Å². The molecule has 2 aromatic carbocycles. The van der Waals surface area contributed by atoms with E-state index in [0.717, 1.165) is 24.7 Å². The summed E-state index contributed by atoms with van der Waals surface area (Å²) in [5.74, 6) is 0.608. The molecule has 1 saturated heterocycles. The molecular weight excluding hydrogens is 290 g/mol. The van der Waals surface area contributed by atoms with Crippen LogP contribution in [0.1, 0.15) is 37.3 Å². The summed E-state index contributed by atoms with van der Waals surface area (Å²) in [4.78, 5) is 2.59. The molecule has 0 saturated carbocycles. The molecule has 0 bridgehead atoms. The van der Waals surface area contributed by atoms with Crippen molar-refractivity contribution in [3.8, 4) is 0 Å². The normalized spacial score (nSPS) is 21.7. The van der Waals surface area contributed by atoms with Crippen LogP contribution in [0.5, 0.6) is 0 Å². The van der Waals surface area contributed by atoms with Crippen LogP contribution in [0.15, 0.2) is 54.6 Å². The van der Waals surface area contributed by atoms with Gasteiger partial charge in [0.15, 0.2) is 0 Å². The number of nitrogens with zero attached hydrogens (tertiary/aromatic N) is 1. The number of hydrogen-bond donors (Lipinski definition) is 0. The second-order valence-electron chi connectivity index (χ2n) is 7.08. The van der Waals surface area contributed by atoms with Crippen molar-refractivity contribution in [1.82, 2.24) is 4.90 Å². The fourth-order valence-electron chi connectivity index (χ4n) is 3.76. The Hall–Kier alpha value is -1.31. The lowest BCUT2D eigenvalue weighted by Crippen LogP contribution is -2.44. The molecule has 0 spiro atoms. The molecule has 3 rings (SSSR count). The first kappa shape index (κ1) is 15.6. The monoisotopic (exact) mass is 313 g/mol. The van der Waals surface area contributed by atoms with E-state index in [1.54, 1.807) is 0 Å². The molecule has 1 aliphatic rings. The lowest BCUT2D eigenvalue weighted by Gasteiger charge is -2.44. The first-order valence-corrected chi connectivity index (χ1v) is 8.44. The van der Waals surface area contributed by atoms with Gasteiger partial charge in [-0.1, -0.05) is 67.9 Å². The maximum Gasteiger partial charge on any atom is 0.0406 e. The molecule has 0 radical (unpaired) electrons. The highest BCUT2D eigenvalue weighted by molar-refractivity contribution is 6.30. The van der Waals surface area contributed by atoms with Gasteiger partial charge in [-0.3, -0.25) is 4.90 Å². The summed E-state index contributed by atoms with van der Waals surface area (Å²) in [6.07, 6.45) is 1.21. The van der Waals surface area contributed by atoms with Gasteiger partial charge in [-0.25, -0.2) is 0 Å². The highest BCUT2D eigenvalue weighted by Gasteiger charge is 2.36. The van der Waals surface area contributed by atoms with Gasteiger partial charge in [0.2, 0.25) is 0 Å². The number of likely N-dealkylation sites (tertiary alicyclic amines) is 1. The number of halogens is 1. The van der Waals surface area contributed by atoms with Gasteiger partial charge in [0.1, 0.15) is 0 Å². The van der Waals surface area contributed by atoms with E-state index in [-0.39, 0.29) is 5.41 Å². The summed E-state index contributed by atoms with van der Waals surface area (Å²) in [7, 11) is 0. The minimum atomic E-state index is 0.279. The smallest absolute Gasteiger partial charge is 0.0406 e. The zero-order valence-electron chi connectivity index (χ0n) is 13.4. The molecule has 1 atom stereocenters. The van der Waals surface area contributed by atoms with E-state index >= 15 is 0 Å². The molecule has 116 valence electrons. The zero-order valence-corrected chi connectivity index (χ0v) is 14.2. The fourth-order valence-corrected chi connectivity index (χ4v) is 3.88. The van der Waals surface area contributed by atoms with E-state index < -0.39 is 0 Å². The van der Waals surface area contributed by atoms with Crippen molar-refractivity contribution in [2.75, 3.05) is 13.1 Å². The van der Waals surface area contributed by atoms with Crippen LogP contribution in [0.2, 0.25) is 5.02 Å². The first-order chi connectivity index (χ1) is 10.5. The van der Waals surface area contributed by atoms with Crippen molar-refractivity contribution in [3.63, 3.8) is 0 Å². The van der Waals surface area contributed by atoms with Gasteiger partial charge < -0.3 is 0 Å². The second-order valence-corrected chi connectivity index (χ2v) is 7.51. The largest absolute Gasteiger partial charge is 0.299 e. The average Bonchev–Trinajstić information content (AvgIpc) is 2.49. The van der Waals surface area contributed by atoms with E-state index in [0.29, 0.717) is 5.92 Å². The summed E-state index contributed by atoms with van der Waals surface area (Å²) >= 11 is 6.03. The van der Waals surface area contributed by atoms with Crippen molar-refractivity contribution in [1.29, 1.82) is 0 Å². The minimum Gasteiger partial charge on any atom is -0.299 e. The van der Waals surface area contributed by atoms with Crippen LogP contribution in [-0.4, -0.2) is 18.0 Å². The van der Waals surface area contributed by atoms with Gasteiger partial charge in [-0.15, -0.1) is 0 Å². The Labute approximate surface area is 138 Å². The van der Waals surface area contributed by atoms with E-state index in [1.807, 2.05) is 12.1 Å². The van der Waals surface area contributed by atoms with Crippen LogP contribution in [-0.2, 0) is 6.54 Å². The third kappa shape index (κ3) is 3.53.